The second-order valence-corrected chi connectivity index (χ2v) is 7.85. The Bertz CT molecular complexity index is 983. The number of ether oxygens (including phenoxy) is 1. The van der Waals surface area contributed by atoms with Gasteiger partial charge in [-0.05, 0) is 61.7 Å². The lowest BCUT2D eigenvalue weighted by atomic mass is 10.1. The van der Waals surface area contributed by atoms with Crippen LogP contribution in [-0.4, -0.2) is 33.5 Å². The normalized spacial score (nSPS) is 10.8. The zero-order valence-electron chi connectivity index (χ0n) is 17.2. The number of rotatable bonds is 8. The molecule has 0 bridgehead atoms. The minimum absolute atomic E-state index is 0.161. The van der Waals surface area contributed by atoms with Crippen molar-refractivity contribution in [3.05, 3.63) is 65.0 Å². The maximum absolute atomic E-state index is 12.6. The summed E-state index contributed by atoms with van der Waals surface area (Å²) in [7, 11) is 1.60. The highest BCUT2D eigenvalue weighted by molar-refractivity contribution is 7.99. The molecule has 0 radical (unpaired) electrons. The molecule has 1 amide bonds. The molecule has 0 aliphatic rings. The summed E-state index contributed by atoms with van der Waals surface area (Å²) in [6.07, 6.45) is 1.05. The van der Waals surface area contributed by atoms with Gasteiger partial charge in [0, 0.05) is 11.3 Å². The number of nitrogens with one attached hydrogen (secondary N) is 1. The van der Waals surface area contributed by atoms with E-state index in [1.807, 2.05) is 0 Å². The van der Waals surface area contributed by atoms with E-state index in [-0.39, 0.29) is 12.5 Å². The molecule has 0 atom stereocenters. The Morgan fingerprint density at radius 1 is 1.14 bits per heavy atom. The summed E-state index contributed by atoms with van der Waals surface area (Å²) < 4.78 is 7.20. The summed E-state index contributed by atoms with van der Waals surface area (Å²) in [4.78, 5) is 12.6. The third-order valence-corrected chi connectivity index (χ3v) is 5.64. The molecule has 152 valence electrons. The highest BCUT2D eigenvalue weighted by atomic mass is 32.2. The smallest absolute Gasteiger partial charge is 0.251 e. The number of nitrogens with zero attached hydrogens (tertiary/aromatic N) is 3. The molecule has 0 aliphatic carbocycles. The first-order valence-electron chi connectivity index (χ1n) is 9.60. The van der Waals surface area contributed by atoms with E-state index in [9.17, 15) is 4.79 Å². The number of hydrogen-bond donors (Lipinski definition) is 1. The number of carbonyl (C=O) groups is 1. The first-order chi connectivity index (χ1) is 14.0. The fraction of sp³-hybridized carbons (Fsp3) is 0.318. The van der Waals surface area contributed by atoms with Crippen LogP contribution in [0.1, 0.15) is 40.7 Å². The second-order valence-electron chi connectivity index (χ2n) is 6.78. The summed E-state index contributed by atoms with van der Waals surface area (Å²) in [5, 5.41) is 12.5. The fourth-order valence-corrected chi connectivity index (χ4v) is 3.73. The van der Waals surface area contributed by atoms with Gasteiger partial charge in [-0.1, -0.05) is 30.8 Å². The van der Waals surface area contributed by atoms with Crippen molar-refractivity contribution in [2.75, 3.05) is 12.9 Å². The van der Waals surface area contributed by atoms with Gasteiger partial charge < -0.3 is 10.1 Å². The summed E-state index contributed by atoms with van der Waals surface area (Å²) in [5.41, 5.74) is 3.92. The topological polar surface area (TPSA) is 69.0 Å². The predicted octanol–water partition coefficient (Wildman–Crippen LogP) is 4.32. The first-order valence-corrected chi connectivity index (χ1v) is 10.6. The Morgan fingerprint density at radius 3 is 2.59 bits per heavy atom. The van der Waals surface area contributed by atoms with Crippen LogP contribution >= 0.6 is 11.8 Å². The number of thioether (sulfide) groups is 1. The fourth-order valence-electron chi connectivity index (χ4n) is 2.91. The first kappa shape index (κ1) is 20.9. The molecular formula is C22H26N4O2S. The molecule has 1 heterocycles. The molecule has 1 N–H and O–H groups in total. The van der Waals surface area contributed by atoms with Gasteiger partial charge in [0.05, 0.1) is 19.3 Å². The van der Waals surface area contributed by atoms with E-state index in [0.29, 0.717) is 17.1 Å². The van der Waals surface area contributed by atoms with Crippen molar-refractivity contribution >= 4 is 17.7 Å². The molecule has 0 spiro atoms. The van der Waals surface area contributed by atoms with Crippen molar-refractivity contribution in [3.63, 3.8) is 0 Å². The van der Waals surface area contributed by atoms with E-state index in [1.54, 1.807) is 43.1 Å². The van der Waals surface area contributed by atoms with Gasteiger partial charge in [-0.15, -0.1) is 10.2 Å². The van der Waals surface area contributed by atoms with Gasteiger partial charge in [-0.25, -0.2) is 0 Å². The number of benzene rings is 2. The van der Waals surface area contributed by atoms with Crippen molar-refractivity contribution in [3.8, 4) is 11.4 Å². The lowest BCUT2D eigenvalue weighted by molar-refractivity contribution is 0.0949. The third-order valence-electron chi connectivity index (χ3n) is 4.50. The Balaban J connectivity index is 1.85. The largest absolute Gasteiger partial charge is 0.497 e. The van der Waals surface area contributed by atoms with Crippen LogP contribution in [0.5, 0.6) is 5.75 Å². The second kappa shape index (κ2) is 9.60. The van der Waals surface area contributed by atoms with E-state index >= 15 is 0 Å². The maximum atomic E-state index is 12.6. The van der Waals surface area contributed by atoms with E-state index in [0.717, 1.165) is 28.6 Å². The Labute approximate surface area is 175 Å². The van der Waals surface area contributed by atoms with Crippen LogP contribution in [0.2, 0.25) is 0 Å². The van der Waals surface area contributed by atoms with Gasteiger partial charge in [0.15, 0.2) is 11.0 Å². The molecule has 1 aromatic heterocycles. The molecule has 2 aromatic carbocycles. The highest BCUT2D eigenvalue weighted by Crippen LogP contribution is 2.25. The lowest BCUT2D eigenvalue weighted by Crippen LogP contribution is -2.24. The molecule has 0 saturated carbocycles. The molecule has 0 unspecified atom stereocenters. The number of methoxy groups -OCH3 is 1. The zero-order valence-corrected chi connectivity index (χ0v) is 18.0. The quantitative estimate of drug-likeness (QED) is 0.560. The van der Waals surface area contributed by atoms with Crippen LogP contribution in [0.15, 0.2) is 47.6 Å². The summed E-state index contributed by atoms with van der Waals surface area (Å²) in [6, 6.07) is 13.3. The zero-order chi connectivity index (χ0) is 20.8. The summed E-state index contributed by atoms with van der Waals surface area (Å²) in [6.45, 7) is 6.57. The molecule has 0 aliphatic heterocycles. The SMILES string of the molecule is CCCSc1nnc(CNC(=O)c2ccc(OC)cc2)n1-c1cc(C)ccc1C. The van der Waals surface area contributed by atoms with Gasteiger partial charge in [-0.3, -0.25) is 9.36 Å². The Hall–Kier alpha value is -2.80. The number of carbonyl (C=O) groups excluding carboxylic acids is 1. The van der Waals surface area contributed by atoms with Crippen molar-refractivity contribution in [2.24, 2.45) is 0 Å². The molecule has 0 saturated heterocycles. The molecule has 3 aromatic rings. The van der Waals surface area contributed by atoms with Crippen LogP contribution in [0.4, 0.5) is 0 Å². The van der Waals surface area contributed by atoms with Crippen molar-refractivity contribution in [1.29, 1.82) is 0 Å². The predicted molar refractivity (Wildman–Crippen MR) is 116 cm³/mol. The molecule has 29 heavy (non-hydrogen) atoms. The number of hydrogen-bond acceptors (Lipinski definition) is 5. The van der Waals surface area contributed by atoms with Gasteiger partial charge >= 0.3 is 0 Å². The highest BCUT2D eigenvalue weighted by Gasteiger charge is 2.17. The average molecular weight is 411 g/mol. The molecule has 6 nitrogen and oxygen atoms in total. The molecule has 3 rings (SSSR count). The van der Waals surface area contributed by atoms with E-state index < -0.39 is 0 Å². The average Bonchev–Trinajstić information content (AvgIpc) is 3.14. The summed E-state index contributed by atoms with van der Waals surface area (Å²) in [5.74, 6) is 2.22. The lowest BCUT2D eigenvalue weighted by Gasteiger charge is -2.14. The van der Waals surface area contributed by atoms with E-state index in [2.05, 4.69) is 59.1 Å². The van der Waals surface area contributed by atoms with Crippen molar-refractivity contribution < 1.29 is 9.53 Å². The summed E-state index contributed by atoms with van der Waals surface area (Å²) >= 11 is 1.67. The van der Waals surface area contributed by atoms with E-state index in [4.69, 9.17) is 4.74 Å². The molecule has 0 fully saturated rings. The van der Waals surface area contributed by atoms with Crippen LogP contribution in [0.25, 0.3) is 5.69 Å². The van der Waals surface area contributed by atoms with Gasteiger partial charge in [0.2, 0.25) is 0 Å². The molecule has 7 heteroatoms. The standard InChI is InChI=1S/C22H26N4O2S/c1-5-12-29-22-25-24-20(26(22)19-13-15(2)6-7-16(19)3)14-23-21(27)17-8-10-18(28-4)11-9-17/h6-11,13H,5,12,14H2,1-4H3,(H,23,27). The van der Waals surface area contributed by atoms with Crippen LogP contribution in [-0.2, 0) is 6.54 Å². The minimum Gasteiger partial charge on any atom is -0.497 e. The van der Waals surface area contributed by atoms with Crippen molar-refractivity contribution in [1.82, 2.24) is 20.1 Å². The number of aromatic nitrogens is 3. The van der Waals surface area contributed by atoms with Crippen LogP contribution in [0, 0.1) is 13.8 Å². The van der Waals surface area contributed by atoms with Gasteiger partial charge in [-0.2, -0.15) is 0 Å². The van der Waals surface area contributed by atoms with Crippen molar-refractivity contribution in [2.45, 2.75) is 38.9 Å². The maximum Gasteiger partial charge on any atom is 0.251 e. The third kappa shape index (κ3) is 4.98. The van der Waals surface area contributed by atoms with E-state index in [1.165, 1.54) is 5.56 Å². The molecular weight excluding hydrogens is 384 g/mol. The van der Waals surface area contributed by atoms with Gasteiger partial charge in [0.1, 0.15) is 5.75 Å². The number of amides is 1. The number of aryl methyl sites for hydroxylation is 2. The Kier molecular flexibility index (Phi) is 6.93. The van der Waals surface area contributed by atoms with Crippen LogP contribution in [0.3, 0.4) is 0 Å². The monoisotopic (exact) mass is 410 g/mol. The Morgan fingerprint density at radius 2 is 1.90 bits per heavy atom. The van der Waals surface area contributed by atoms with Gasteiger partial charge in [0.25, 0.3) is 5.91 Å². The van der Waals surface area contributed by atoms with Crippen LogP contribution < -0.4 is 10.1 Å². The minimum atomic E-state index is -0.161.